The molecule has 0 aromatic heterocycles. The molecular formula is C21H22. The Kier molecular flexibility index (Phi) is 6.84. The van der Waals surface area contributed by atoms with Crippen molar-refractivity contribution in [1.82, 2.24) is 0 Å². The second kappa shape index (κ2) is 9.55. The molecule has 1 atom stereocenters. The van der Waals surface area contributed by atoms with E-state index in [1.807, 2.05) is 24.3 Å². The highest BCUT2D eigenvalue weighted by Crippen LogP contribution is 2.15. The van der Waals surface area contributed by atoms with Crippen LogP contribution in [-0.2, 0) is 6.42 Å². The molecule has 0 saturated carbocycles. The molecular weight excluding hydrogens is 252 g/mol. The van der Waals surface area contributed by atoms with Crippen LogP contribution in [0.3, 0.4) is 0 Å². The summed E-state index contributed by atoms with van der Waals surface area (Å²) in [7, 11) is 0. The van der Waals surface area contributed by atoms with Gasteiger partial charge in [0.2, 0.25) is 0 Å². The fraction of sp³-hybridized carbons (Fsp3) is 0.143. The van der Waals surface area contributed by atoms with Crippen LogP contribution in [0.25, 0.3) is 0 Å². The largest absolute Gasteiger partial charge is 0.0839 e. The Hall–Kier alpha value is -2.34. The summed E-state index contributed by atoms with van der Waals surface area (Å²) in [5.41, 5.74) is 1.39. The first-order valence-corrected chi connectivity index (χ1v) is 7.49. The van der Waals surface area contributed by atoms with Gasteiger partial charge in [0.15, 0.2) is 0 Å². The Balaban J connectivity index is 2.07. The molecule has 2 rings (SSSR count). The van der Waals surface area contributed by atoms with Crippen LogP contribution in [0.4, 0.5) is 0 Å². The first-order valence-electron chi connectivity index (χ1n) is 7.49. The third kappa shape index (κ3) is 6.58. The summed E-state index contributed by atoms with van der Waals surface area (Å²) >= 11 is 0. The minimum Gasteiger partial charge on any atom is -0.0839 e. The van der Waals surface area contributed by atoms with Gasteiger partial charge >= 0.3 is 0 Å². The summed E-state index contributed by atoms with van der Waals surface area (Å²) in [4.78, 5) is 0. The Morgan fingerprint density at radius 2 is 1.24 bits per heavy atom. The molecule has 0 bridgehead atoms. The van der Waals surface area contributed by atoms with Crippen molar-refractivity contribution in [3.8, 4) is 0 Å². The summed E-state index contributed by atoms with van der Waals surface area (Å²) in [5, 5.41) is 0. The maximum absolute atomic E-state index is 2.30. The van der Waals surface area contributed by atoms with E-state index in [1.165, 1.54) is 5.56 Å². The second-order valence-electron chi connectivity index (χ2n) is 5.04. The van der Waals surface area contributed by atoms with E-state index < -0.39 is 0 Å². The SMILES string of the molecule is C1=C\C=C\C=C\CC(Cc2ccccc2)\C=C\C=C\C=C/1. The summed E-state index contributed by atoms with van der Waals surface area (Å²) in [6, 6.07) is 10.7. The zero-order valence-electron chi connectivity index (χ0n) is 12.3. The molecule has 1 unspecified atom stereocenters. The quantitative estimate of drug-likeness (QED) is 0.660. The Bertz CT molecular complexity index is 565. The lowest BCUT2D eigenvalue weighted by Crippen LogP contribution is -2.00. The van der Waals surface area contributed by atoms with Gasteiger partial charge in [0.05, 0.1) is 0 Å². The summed E-state index contributed by atoms with van der Waals surface area (Å²) < 4.78 is 0. The topological polar surface area (TPSA) is 0 Å². The molecule has 1 aromatic rings. The fourth-order valence-electron chi connectivity index (χ4n) is 2.21. The monoisotopic (exact) mass is 274 g/mol. The average molecular weight is 274 g/mol. The van der Waals surface area contributed by atoms with Crippen LogP contribution in [0.2, 0.25) is 0 Å². The molecule has 0 heterocycles. The van der Waals surface area contributed by atoms with E-state index >= 15 is 0 Å². The van der Waals surface area contributed by atoms with Gasteiger partial charge < -0.3 is 0 Å². The molecule has 21 heavy (non-hydrogen) atoms. The molecule has 0 aliphatic heterocycles. The molecule has 0 N–H and O–H groups in total. The second-order valence-corrected chi connectivity index (χ2v) is 5.04. The van der Waals surface area contributed by atoms with Crippen molar-refractivity contribution in [3.05, 3.63) is 109 Å². The number of hydrogen-bond donors (Lipinski definition) is 0. The maximum atomic E-state index is 2.30. The number of benzene rings is 1. The lowest BCUT2D eigenvalue weighted by atomic mass is 9.95. The van der Waals surface area contributed by atoms with E-state index in [2.05, 4.69) is 78.9 Å². The zero-order chi connectivity index (χ0) is 14.6. The van der Waals surface area contributed by atoms with Gasteiger partial charge in [-0.1, -0.05) is 103 Å². The van der Waals surface area contributed by atoms with Gasteiger partial charge in [-0.15, -0.1) is 0 Å². The Labute approximate surface area is 128 Å². The first kappa shape index (κ1) is 15.1. The standard InChI is InChI=1S/C21H22/c1-2-4-6-8-11-15-20(16-12-9-7-5-3-1)19-21-17-13-10-14-18-21/h1-15,17-18,20H,16,19H2/b3-1-,4-2-,7-5+,8-6+,12-9+,15-11+. The van der Waals surface area contributed by atoms with Crippen molar-refractivity contribution in [2.45, 2.75) is 12.8 Å². The average Bonchev–Trinajstić information content (AvgIpc) is 2.52. The third-order valence-corrected chi connectivity index (χ3v) is 3.30. The highest BCUT2D eigenvalue weighted by molar-refractivity contribution is 5.22. The van der Waals surface area contributed by atoms with E-state index in [4.69, 9.17) is 0 Å². The third-order valence-electron chi connectivity index (χ3n) is 3.30. The number of allylic oxidation sites excluding steroid dienone is 12. The molecule has 0 spiro atoms. The van der Waals surface area contributed by atoms with Crippen molar-refractivity contribution in [2.75, 3.05) is 0 Å². The minimum absolute atomic E-state index is 0.532. The van der Waals surface area contributed by atoms with Crippen LogP contribution in [0.15, 0.2) is 103 Å². The van der Waals surface area contributed by atoms with Crippen molar-refractivity contribution in [2.24, 2.45) is 5.92 Å². The van der Waals surface area contributed by atoms with E-state index in [1.54, 1.807) is 0 Å². The Morgan fingerprint density at radius 1 is 0.667 bits per heavy atom. The number of rotatable bonds is 2. The molecule has 1 aromatic carbocycles. The maximum Gasteiger partial charge on any atom is -0.0155 e. The highest BCUT2D eigenvalue weighted by Gasteiger charge is 2.03. The van der Waals surface area contributed by atoms with Crippen LogP contribution >= 0.6 is 0 Å². The van der Waals surface area contributed by atoms with Crippen LogP contribution in [0.1, 0.15) is 12.0 Å². The molecule has 0 heteroatoms. The molecule has 0 amide bonds. The van der Waals surface area contributed by atoms with Gasteiger partial charge in [-0.3, -0.25) is 0 Å². The molecule has 106 valence electrons. The van der Waals surface area contributed by atoms with Gasteiger partial charge in [-0.05, 0) is 24.3 Å². The lowest BCUT2D eigenvalue weighted by Gasteiger charge is -2.10. The fourth-order valence-corrected chi connectivity index (χ4v) is 2.21. The normalized spacial score (nSPS) is 27.9. The lowest BCUT2D eigenvalue weighted by molar-refractivity contribution is 0.659. The van der Waals surface area contributed by atoms with Gasteiger partial charge in [-0.2, -0.15) is 0 Å². The minimum atomic E-state index is 0.532. The first-order chi connectivity index (χ1) is 10.4. The van der Waals surface area contributed by atoms with E-state index in [0.29, 0.717) is 5.92 Å². The van der Waals surface area contributed by atoms with Gasteiger partial charge in [-0.25, -0.2) is 0 Å². The van der Waals surface area contributed by atoms with Gasteiger partial charge in [0.1, 0.15) is 0 Å². The van der Waals surface area contributed by atoms with Crippen molar-refractivity contribution in [1.29, 1.82) is 0 Å². The summed E-state index contributed by atoms with van der Waals surface area (Å²) in [6.07, 6.45) is 27.4. The van der Waals surface area contributed by atoms with Gasteiger partial charge in [0, 0.05) is 0 Å². The van der Waals surface area contributed by atoms with E-state index in [9.17, 15) is 0 Å². The van der Waals surface area contributed by atoms with Gasteiger partial charge in [0.25, 0.3) is 0 Å². The van der Waals surface area contributed by atoms with Crippen molar-refractivity contribution >= 4 is 0 Å². The molecule has 1 aliphatic carbocycles. The van der Waals surface area contributed by atoms with Crippen LogP contribution in [0.5, 0.6) is 0 Å². The Morgan fingerprint density at radius 3 is 1.90 bits per heavy atom. The number of hydrogen-bond acceptors (Lipinski definition) is 0. The zero-order valence-corrected chi connectivity index (χ0v) is 12.3. The smallest absolute Gasteiger partial charge is 0.0155 e. The summed E-state index contributed by atoms with van der Waals surface area (Å²) in [6.45, 7) is 0. The predicted octanol–water partition coefficient (Wildman–Crippen LogP) is 5.59. The molecule has 0 fully saturated rings. The van der Waals surface area contributed by atoms with Crippen molar-refractivity contribution < 1.29 is 0 Å². The van der Waals surface area contributed by atoms with E-state index in [-0.39, 0.29) is 0 Å². The molecule has 1 aliphatic rings. The molecule has 0 nitrogen and oxygen atoms in total. The van der Waals surface area contributed by atoms with E-state index in [0.717, 1.165) is 12.8 Å². The van der Waals surface area contributed by atoms with Crippen LogP contribution in [0, 0.1) is 5.92 Å². The van der Waals surface area contributed by atoms with Crippen LogP contribution < -0.4 is 0 Å². The predicted molar refractivity (Wildman–Crippen MR) is 93.1 cm³/mol. The molecule has 0 saturated heterocycles. The van der Waals surface area contributed by atoms with Crippen molar-refractivity contribution in [3.63, 3.8) is 0 Å². The molecule has 0 radical (unpaired) electrons. The summed E-state index contributed by atoms with van der Waals surface area (Å²) in [5.74, 6) is 0.532. The van der Waals surface area contributed by atoms with Crippen LogP contribution in [-0.4, -0.2) is 0 Å². The highest BCUT2D eigenvalue weighted by atomic mass is 14.1.